The van der Waals surface area contributed by atoms with Crippen LogP contribution in [0.4, 0.5) is 0 Å². The van der Waals surface area contributed by atoms with E-state index in [0.29, 0.717) is 6.42 Å². The second kappa shape index (κ2) is 10.2. The molecule has 0 fully saturated rings. The number of Topliss-reactive ketones (excluding diaryl/α,β-unsaturated/α-hetero) is 1. The molecule has 0 radical (unpaired) electrons. The van der Waals surface area contributed by atoms with E-state index in [1.54, 1.807) is 13.8 Å². The Labute approximate surface area is 167 Å². The lowest BCUT2D eigenvalue weighted by molar-refractivity contribution is -0.152. The number of ether oxygens (including phenoxy) is 1. The van der Waals surface area contributed by atoms with Crippen LogP contribution in [-0.4, -0.2) is 43.5 Å². The van der Waals surface area contributed by atoms with Crippen molar-refractivity contribution in [1.82, 2.24) is 0 Å². The lowest BCUT2D eigenvalue weighted by Gasteiger charge is -2.41. The number of aliphatic hydroxyl groups is 1. The predicted octanol–water partition coefficient (Wildman–Crippen LogP) is 4.58. The van der Waals surface area contributed by atoms with Crippen molar-refractivity contribution < 1.29 is 23.9 Å². The number of esters is 1. The van der Waals surface area contributed by atoms with E-state index < -0.39 is 32.4 Å². The van der Waals surface area contributed by atoms with Gasteiger partial charge in [-0.05, 0) is 31.5 Å². The second-order valence-corrected chi connectivity index (χ2v) is 14.2. The molecule has 1 N–H and O–H groups in total. The maximum atomic E-state index is 12.9. The van der Waals surface area contributed by atoms with Crippen molar-refractivity contribution in [3.8, 4) is 0 Å². The number of hydrogen-bond donors (Lipinski definition) is 1. The number of carbonyl (C=O) groups is 2. The van der Waals surface area contributed by atoms with Crippen LogP contribution in [0.25, 0.3) is 0 Å². The van der Waals surface area contributed by atoms with Gasteiger partial charge in [0.05, 0.1) is 12.0 Å². The van der Waals surface area contributed by atoms with Crippen LogP contribution in [0.3, 0.4) is 0 Å². The summed E-state index contributed by atoms with van der Waals surface area (Å²) in [6.07, 6.45) is -0.854. The highest BCUT2D eigenvalue weighted by atomic mass is 28.4. The van der Waals surface area contributed by atoms with Gasteiger partial charge in [0.1, 0.15) is 11.9 Å². The van der Waals surface area contributed by atoms with Gasteiger partial charge in [0.25, 0.3) is 0 Å². The standard InChI is InChI=1S/C21H42O5Si/c1-12-18(25-17(6)22)14(3)20(24)15(4)19(23)13(2)16(5)26-27(10,11)21(7,8)9/h13-16,18-19,23H,12H2,1-11H3/t13-,14?,15+,16+,18?,19-/m1/s1. The van der Waals surface area contributed by atoms with E-state index in [1.807, 2.05) is 20.8 Å². The van der Waals surface area contributed by atoms with Crippen molar-refractivity contribution in [2.24, 2.45) is 17.8 Å². The molecule has 0 aromatic rings. The first-order valence-corrected chi connectivity index (χ1v) is 13.0. The van der Waals surface area contributed by atoms with E-state index in [9.17, 15) is 14.7 Å². The van der Waals surface area contributed by atoms with Crippen molar-refractivity contribution in [1.29, 1.82) is 0 Å². The van der Waals surface area contributed by atoms with Crippen LogP contribution < -0.4 is 0 Å². The maximum absolute atomic E-state index is 12.9. The Hall–Kier alpha value is -0.723. The lowest BCUT2D eigenvalue weighted by atomic mass is 9.82. The molecule has 0 saturated heterocycles. The summed E-state index contributed by atoms with van der Waals surface area (Å²) in [5.74, 6) is -1.65. The fraction of sp³-hybridized carbons (Fsp3) is 0.905. The van der Waals surface area contributed by atoms with Gasteiger partial charge in [0.15, 0.2) is 8.32 Å². The third-order valence-corrected chi connectivity index (χ3v) is 10.8. The quantitative estimate of drug-likeness (QED) is 0.428. The third kappa shape index (κ3) is 7.31. The van der Waals surface area contributed by atoms with Gasteiger partial charge in [-0.1, -0.05) is 48.5 Å². The number of aliphatic hydroxyl groups excluding tert-OH is 1. The minimum atomic E-state index is -1.96. The molecule has 0 aromatic heterocycles. The molecule has 0 aliphatic heterocycles. The molecule has 0 amide bonds. The van der Waals surface area contributed by atoms with E-state index in [2.05, 4.69) is 33.9 Å². The Morgan fingerprint density at radius 3 is 1.89 bits per heavy atom. The summed E-state index contributed by atoms with van der Waals surface area (Å²) in [5.41, 5.74) is 0. The lowest BCUT2D eigenvalue weighted by Crippen LogP contribution is -2.48. The van der Waals surface area contributed by atoms with Crippen LogP contribution in [-0.2, 0) is 18.8 Å². The van der Waals surface area contributed by atoms with E-state index in [1.165, 1.54) is 6.92 Å². The highest BCUT2D eigenvalue weighted by Gasteiger charge is 2.41. The van der Waals surface area contributed by atoms with Gasteiger partial charge in [0, 0.05) is 24.9 Å². The van der Waals surface area contributed by atoms with Crippen molar-refractivity contribution in [2.75, 3.05) is 0 Å². The van der Waals surface area contributed by atoms with Crippen molar-refractivity contribution >= 4 is 20.1 Å². The average molecular weight is 403 g/mol. The topological polar surface area (TPSA) is 72.8 Å². The molecule has 0 spiro atoms. The number of hydrogen-bond acceptors (Lipinski definition) is 5. The Bertz CT molecular complexity index is 497. The Balaban J connectivity index is 5.11. The summed E-state index contributed by atoms with van der Waals surface area (Å²) in [7, 11) is -1.96. The highest BCUT2D eigenvalue weighted by Crippen LogP contribution is 2.38. The van der Waals surface area contributed by atoms with E-state index >= 15 is 0 Å². The predicted molar refractivity (Wildman–Crippen MR) is 112 cm³/mol. The zero-order chi connectivity index (χ0) is 21.7. The van der Waals surface area contributed by atoms with Crippen molar-refractivity contribution in [2.45, 2.75) is 105 Å². The van der Waals surface area contributed by atoms with Crippen LogP contribution in [0.15, 0.2) is 0 Å². The van der Waals surface area contributed by atoms with Gasteiger partial charge in [0.2, 0.25) is 0 Å². The largest absolute Gasteiger partial charge is 0.462 e. The maximum Gasteiger partial charge on any atom is 0.302 e. The highest BCUT2D eigenvalue weighted by molar-refractivity contribution is 6.74. The van der Waals surface area contributed by atoms with Gasteiger partial charge >= 0.3 is 5.97 Å². The van der Waals surface area contributed by atoms with Gasteiger partial charge in [-0.2, -0.15) is 0 Å². The molecule has 6 heteroatoms. The Morgan fingerprint density at radius 1 is 1.04 bits per heavy atom. The Morgan fingerprint density at radius 2 is 1.52 bits per heavy atom. The smallest absolute Gasteiger partial charge is 0.302 e. The Kier molecular flexibility index (Phi) is 9.90. The first-order valence-electron chi connectivity index (χ1n) is 10.1. The van der Waals surface area contributed by atoms with Crippen LogP contribution in [0.2, 0.25) is 18.1 Å². The van der Waals surface area contributed by atoms with Crippen LogP contribution in [0.1, 0.15) is 68.7 Å². The van der Waals surface area contributed by atoms with Gasteiger partial charge < -0.3 is 14.3 Å². The summed E-state index contributed by atoms with van der Waals surface area (Å²) >= 11 is 0. The van der Waals surface area contributed by atoms with E-state index in [-0.39, 0.29) is 28.8 Å². The monoisotopic (exact) mass is 402 g/mol. The summed E-state index contributed by atoms with van der Waals surface area (Å²) in [5, 5.41) is 10.9. The molecule has 0 bridgehead atoms. The van der Waals surface area contributed by atoms with Crippen LogP contribution in [0.5, 0.6) is 0 Å². The summed E-state index contributed by atoms with van der Waals surface area (Å²) in [6, 6.07) is 0. The van der Waals surface area contributed by atoms with Crippen LogP contribution >= 0.6 is 0 Å². The summed E-state index contributed by atoms with van der Waals surface area (Å²) in [4.78, 5) is 24.1. The fourth-order valence-corrected chi connectivity index (χ4v) is 4.50. The van der Waals surface area contributed by atoms with E-state index in [0.717, 1.165) is 0 Å². The van der Waals surface area contributed by atoms with E-state index in [4.69, 9.17) is 9.16 Å². The molecule has 160 valence electrons. The molecule has 2 unspecified atom stereocenters. The van der Waals surface area contributed by atoms with Gasteiger partial charge in [-0.25, -0.2) is 0 Å². The normalized spacial score (nSPS) is 19.6. The molecule has 5 nitrogen and oxygen atoms in total. The third-order valence-electron chi connectivity index (χ3n) is 6.25. The molecular weight excluding hydrogens is 360 g/mol. The second-order valence-electron chi connectivity index (χ2n) is 9.47. The molecule has 6 atom stereocenters. The molecule has 0 heterocycles. The SMILES string of the molecule is CCC(OC(C)=O)C(C)C(=O)[C@@H](C)[C@H](O)[C@H](C)[C@H](C)O[Si](C)(C)C(C)(C)C. The molecular formula is C21H42O5Si. The molecule has 0 aliphatic carbocycles. The fourth-order valence-electron chi connectivity index (χ4n) is 3.00. The molecule has 0 rings (SSSR count). The summed E-state index contributed by atoms with van der Waals surface area (Å²) in [6.45, 7) is 21.6. The summed E-state index contributed by atoms with van der Waals surface area (Å²) < 4.78 is 11.7. The zero-order valence-electron chi connectivity index (χ0n) is 19.3. The average Bonchev–Trinajstić information content (AvgIpc) is 2.54. The van der Waals surface area contributed by atoms with Gasteiger partial charge in [-0.3, -0.25) is 9.59 Å². The first kappa shape index (κ1) is 26.3. The molecule has 0 aliphatic rings. The minimum absolute atomic E-state index is 0.0815. The number of ketones is 1. The molecule has 0 aromatic carbocycles. The number of rotatable bonds is 10. The molecule has 27 heavy (non-hydrogen) atoms. The van der Waals surface area contributed by atoms with Crippen molar-refractivity contribution in [3.05, 3.63) is 0 Å². The van der Waals surface area contributed by atoms with Crippen molar-refractivity contribution in [3.63, 3.8) is 0 Å². The zero-order valence-corrected chi connectivity index (χ0v) is 20.3. The number of carbonyl (C=O) groups excluding carboxylic acids is 2. The van der Waals surface area contributed by atoms with Gasteiger partial charge in [-0.15, -0.1) is 0 Å². The first-order chi connectivity index (χ1) is 12.1. The van der Waals surface area contributed by atoms with Crippen LogP contribution in [0, 0.1) is 17.8 Å². The molecule has 0 saturated carbocycles. The minimum Gasteiger partial charge on any atom is -0.462 e.